The number of rotatable bonds is 5. The third-order valence-corrected chi connectivity index (χ3v) is 3.15. The maximum absolute atomic E-state index is 13.4. The molecule has 0 saturated carbocycles. The maximum atomic E-state index is 13.4. The highest BCUT2D eigenvalue weighted by atomic mass is 19.1. The summed E-state index contributed by atoms with van der Waals surface area (Å²) in [6.45, 7) is 5.53. The van der Waals surface area contributed by atoms with Gasteiger partial charge in [-0.05, 0) is 44.9 Å². The lowest BCUT2D eigenvalue weighted by molar-refractivity contribution is 0.204. The van der Waals surface area contributed by atoms with E-state index in [1.54, 1.807) is 26.0 Å². The molecular formula is C15H21FN2O. The van der Waals surface area contributed by atoms with Crippen molar-refractivity contribution in [2.24, 2.45) is 0 Å². The number of H-pyrrole nitrogens is 1. The van der Waals surface area contributed by atoms with Gasteiger partial charge in [0.25, 0.3) is 0 Å². The number of benzene rings is 1. The average molecular weight is 264 g/mol. The number of nitrogens with one attached hydrogen (secondary N) is 2. The van der Waals surface area contributed by atoms with E-state index in [0.29, 0.717) is 6.54 Å². The largest absolute Gasteiger partial charge is 0.508 e. The quantitative estimate of drug-likeness (QED) is 0.777. The highest BCUT2D eigenvalue weighted by Crippen LogP contribution is 2.23. The normalized spacial score (nSPS) is 13.9. The van der Waals surface area contributed by atoms with Gasteiger partial charge in [0.15, 0.2) is 0 Å². The number of halogens is 1. The lowest BCUT2D eigenvalue weighted by Gasteiger charge is -2.19. The van der Waals surface area contributed by atoms with Crippen LogP contribution in [0.15, 0.2) is 24.4 Å². The lowest BCUT2D eigenvalue weighted by Crippen LogP contribution is -2.37. The summed E-state index contributed by atoms with van der Waals surface area (Å²) in [5.74, 6) is 0.256. The van der Waals surface area contributed by atoms with Crippen LogP contribution in [0.2, 0.25) is 0 Å². The standard InChI is InChI=1S/C15H21FN2O/c1-10(18-9-15(2,3)16)6-11-8-17-14-7-12(19)4-5-13(11)14/h4-5,7-8,10,17-19H,6,9H2,1-3H3. The predicted molar refractivity (Wildman–Crippen MR) is 76.3 cm³/mol. The van der Waals surface area contributed by atoms with E-state index in [9.17, 15) is 9.50 Å². The Morgan fingerprint density at radius 2 is 2.16 bits per heavy atom. The molecular weight excluding hydrogens is 243 g/mol. The fourth-order valence-electron chi connectivity index (χ4n) is 2.16. The third kappa shape index (κ3) is 3.70. The van der Waals surface area contributed by atoms with Gasteiger partial charge in [-0.2, -0.15) is 0 Å². The minimum Gasteiger partial charge on any atom is -0.508 e. The average Bonchev–Trinajstić information content (AvgIpc) is 2.68. The first-order valence-corrected chi connectivity index (χ1v) is 6.56. The van der Waals surface area contributed by atoms with Crippen molar-refractivity contribution in [1.29, 1.82) is 0 Å². The Kier molecular flexibility index (Phi) is 3.80. The van der Waals surface area contributed by atoms with Crippen LogP contribution >= 0.6 is 0 Å². The van der Waals surface area contributed by atoms with Gasteiger partial charge in [-0.3, -0.25) is 0 Å². The Morgan fingerprint density at radius 3 is 2.84 bits per heavy atom. The second-order valence-corrected chi connectivity index (χ2v) is 5.75. The topological polar surface area (TPSA) is 48.0 Å². The molecule has 1 unspecified atom stereocenters. The molecule has 104 valence electrons. The van der Waals surface area contributed by atoms with Crippen LogP contribution in [0.25, 0.3) is 10.9 Å². The van der Waals surface area contributed by atoms with Gasteiger partial charge in [-0.1, -0.05) is 0 Å². The van der Waals surface area contributed by atoms with E-state index in [1.165, 1.54) is 5.56 Å². The molecule has 1 atom stereocenters. The van der Waals surface area contributed by atoms with Crippen molar-refractivity contribution >= 4 is 10.9 Å². The Balaban J connectivity index is 2.05. The monoisotopic (exact) mass is 264 g/mol. The second-order valence-electron chi connectivity index (χ2n) is 5.75. The number of phenols is 1. The lowest BCUT2D eigenvalue weighted by atomic mass is 10.0. The Hall–Kier alpha value is -1.55. The van der Waals surface area contributed by atoms with Gasteiger partial charge in [0.05, 0.1) is 0 Å². The molecule has 19 heavy (non-hydrogen) atoms. The van der Waals surface area contributed by atoms with Gasteiger partial charge in [-0.15, -0.1) is 0 Å². The molecule has 1 aromatic heterocycles. The van der Waals surface area contributed by atoms with Crippen molar-refractivity contribution in [3.8, 4) is 5.75 Å². The predicted octanol–water partition coefficient (Wildman–Crippen LogP) is 3.14. The number of alkyl halides is 1. The molecule has 2 aromatic rings. The highest BCUT2D eigenvalue weighted by Gasteiger charge is 2.17. The molecule has 1 aromatic carbocycles. The molecule has 0 aliphatic heterocycles. The Bertz CT molecular complexity index is 557. The number of aromatic nitrogens is 1. The minimum absolute atomic E-state index is 0.197. The maximum Gasteiger partial charge on any atom is 0.117 e. The zero-order valence-corrected chi connectivity index (χ0v) is 11.6. The van der Waals surface area contributed by atoms with Crippen molar-refractivity contribution in [2.45, 2.75) is 38.9 Å². The van der Waals surface area contributed by atoms with E-state index in [-0.39, 0.29) is 11.8 Å². The molecule has 0 aliphatic carbocycles. The van der Waals surface area contributed by atoms with E-state index in [2.05, 4.69) is 10.3 Å². The smallest absolute Gasteiger partial charge is 0.117 e. The van der Waals surface area contributed by atoms with Crippen molar-refractivity contribution in [2.75, 3.05) is 6.54 Å². The fourth-order valence-corrected chi connectivity index (χ4v) is 2.16. The highest BCUT2D eigenvalue weighted by molar-refractivity contribution is 5.84. The molecule has 2 rings (SSSR count). The summed E-state index contributed by atoms with van der Waals surface area (Å²) in [4.78, 5) is 3.14. The molecule has 1 heterocycles. The number of phenolic OH excluding ortho intramolecular Hbond substituents is 1. The molecule has 0 saturated heterocycles. The van der Waals surface area contributed by atoms with Gasteiger partial charge >= 0.3 is 0 Å². The molecule has 0 fully saturated rings. The van der Waals surface area contributed by atoms with Gasteiger partial charge in [0.2, 0.25) is 0 Å². The van der Waals surface area contributed by atoms with Crippen LogP contribution in [0.1, 0.15) is 26.3 Å². The molecule has 0 radical (unpaired) electrons. The van der Waals surface area contributed by atoms with E-state index in [1.807, 2.05) is 19.2 Å². The van der Waals surface area contributed by atoms with Crippen molar-refractivity contribution < 1.29 is 9.50 Å². The first-order chi connectivity index (χ1) is 8.85. The molecule has 0 amide bonds. The number of aromatic hydroxyl groups is 1. The number of fused-ring (bicyclic) bond motifs is 1. The van der Waals surface area contributed by atoms with E-state index in [0.717, 1.165) is 17.3 Å². The zero-order chi connectivity index (χ0) is 14.0. The van der Waals surface area contributed by atoms with Gasteiger partial charge in [-0.25, -0.2) is 4.39 Å². The zero-order valence-electron chi connectivity index (χ0n) is 11.6. The molecule has 0 aliphatic rings. The summed E-state index contributed by atoms with van der Waals surface area (Å²) >= 11 is 0. The fraction of sp³-hybridized carbons (Fsp3) is 0.467. The molecule has 0 spiro atoms. The number of aromatic amines is 1. The van der Waals surface area contributed by atoms with Crippen molar-refractivity contribution in [3.63, 3.8) is 0 Å². The number of hydrogen-bond acceptors (Lipinski definition) is 2. The van der Waals surface area contributed by atoms with Gasteiger partial charge in [0, 0.05) is 35.8 Å². The summed E-state index contributed by atoms with van der Waals surface area (Å²) in [5.41, 5.74) is 0.903. The van der Waals surface area contributed by atoms with Crippen LogP contribution in [-0.2, 0) is 6.42 Å². The molecule has 3 nitrogen and oxygen atoms in total. The molecule has 3 N–H and O–H groups in total. The van der Waals surface area contributed by atoms with Gasteiger partial charge in [0.1, 0.15) is 11.4 Å². The van der Waals surface area contributed by atoms with Crippen LogP contribution < -0.4 is 5.32 Å². The van der Waals surface area contributed by atoms with Crippen LogP contribution in [-0.4, -0.2) is 28.3 Å². The van der Waals surface area contributed by atoms with Crippen molar-refractivity contribution in [1.82, 2.24) is 10.3 Å². The third-order valence-electron chi connectivity index (χ3n) is 3.15. The van der Waals surface area contributed by atoms with Crippen LogP contribution in [0, 0.1) is 0 Å². The Morgan fingerprint density at radius 1 is 1.42 bits per heavy atom. The number of hydrogen-bond donors (Lipinski definition) is 3. The van der Waals surface area contributed by atoms with E-state index >= 15 is 0 Å². The first kappa shape index (κ1) is 13.9. The summed E-state index contributed by atoms with van der Waals surface area (Å²) in [6, 6.07) is 5.50. The van der Waals surface area contributed by atoms with E-state index < -0.39 is 5.67 Å². The summed E-state index contributed by atoms with van der Waals surface area (Å²) < 4.78 is 13.4. The summed E-state index contributed by atoms with van der Waals surface area (Å²) in [5, 5.41) is 13.7. The molecule has 4 heteroatoms. The second kappa shape index (κ2) is 5.21. The minimum atomic E-state index is -1.19. The first-order valence-electron chi connectivity index (χ1n) is 6.56. The van der Waals surface area contributed by atoms with Crippen LogP contribution in [0.4, 0.5) is 4.39 Å². The van der Waals surface area contributed by atoms with Crippen LogP contribution in [0.3, 0.4) is 0 Å². The molecule has 0 bridgehead atoms. The van der Waals surface area contributed by atoms with E-state index in [4.69, 9.17) is 0 Å². The summed E-state index contributed by atoms with van der Waals surface area (Å²) in [7, 11) is 0. The van der Waals surface area contributed by atoms with Gasteiger partial charge < -0.3 is 15.4 Å². The summed E-state index contributed by atoms with van der Waals surface area (Å²) in [6.07, 6.45) is 2.77. The van der Waals surface area contributed by atoms with Crippen molar-refractivity contribution in [3.05, 3.63) is 30.0 Å². The SMILES string of the molecule is CC(Cc1c[nH]c2cc(O)ccc12)NCC(C)(C)F. The van der Waals surface area contributed by atoms with Crippen LogP contribution in [0.5, 0.6) is 5.75 Å². The Labute approximate surface area is 112 Å².